The van der Waals surface area contributed by atoms with Crippen molar-refractivity contribution >= 4 is 17.3 Å². The van der Waals surface area contributed by atoms with E-state index >= 15 is 0 Å². The first-order valence-corrected chi connectivity index (χ1v) is 6.48. The van der Waals surface area contributed by atoms with Crippen molar-refractivity contribution in [3.63, 3.8) is 0 Å². The zero-order valence-electron chi connectivity index (χ0n) is 10.8. The van der Waals surface area contributed by atoms with Crippen LogP contribution in [-0.4, -0.2) is 12.5 Å². The van der Waals surface area contributed by atoms with Gasteiger partial charge in [0, 0.05) is 13.0 Å². The number of rotatable bonds is 2. The van der Waals surface area contributed by atoms with Gasteiger partial charge in [-0.3, -0.25) is 4.79 Å². The molecule has 3 rings (SSSR count). The molecule has 0 atom stereocenters. The van der Waals surface area contributed by atoms with E-state index in [1.165, 1.54) is 0 Å². The summed E-state index contributed by atoms with van der Waals surface area (Å²) in [5, 5.41) is 0. The van der Waals surface area contributed by atoms with Gasteiger partial charge in [0.05, 0.1) is 11.4 Å². The maximum absolute atomic E-state index is 12.5. The molecule has 1 amide bonds. The first-order valence-electron chi connectivity index (χ1n) is 6.48. The number of furan rings is 1. The fourth-order valence-electron chi connectivity index (χ4n) is 2.51. The molecule has 0 saturated carbocycles. The van der Waals surface area contributed by atoms with E-state index in [4.69, 9.17) is 10.2 Å². The van der Waals surface area contributed by atoms with Gasteiger partial charge in [0.2, 0.25) is 0 Å². The van der Waals surface area contributed by atoms with Gasteiger partial charge in [0.25, 0.3) is 5.91 Å². The van der Waals surface area contributed by atoms with Gasteiger partial charge in [0.15, 0.2) is 5.76 Å². The monoisotopic (exact) mass is 256 g/mol. The van der Waals surface area contributed by atoms with Crippen molar-refractivity contribution in [1.82, 2.24) is 0 Å². The number of carbonyl (C=O) groups excluding carboxylic acids is 1. The summed E-state index contributed by atoms with van der Waals surface area (Å²) < 4.78 is 5.53. The largest absolute Gasteiger partial charge is 0.456 e. The summed E-state index contributed by atoms with van der Waals surface area (Å²) in [6.45, 7) is 2.65. The average Bonchev–Trinajstić information content (AvgIpc) is 3.05. The van der Waals surface area contributed by atoms with E-state index in [1.54, 1.807) is 11.0 Å². The van der Waals surface area contributed by atoms with Crippen molar-refractivity contribution in [3.05, 3.63) is 47.4 Å². The molecule has 98 valence electrons. The van der Waals surface area contributed by atoms with Crippen LogP contribution in [0, 0.1) is 0 Å². The smallest absolute Gasteiger partial charge is 0.294 e. The maximum Gasteiger partial charge on any atom is 0.294 e. The van der Waals surface area contributed by atoms with Crippen LogP contribution in [-0.2, 0) is 12.8 Å². The zero-order valence-corrected chi connectivity index (χ0v) is 10.8. The molecule has 0 radical (unpaired) electrons. The number of benzene rings is 1. The number of para-hydroxylation sites is 1. The summed E-state index contributed by atoms with van der Waals surface area (Å²) in [6, 6.07) is 9.34. The molecule has 0 spiro atoms. The topological polar surface area (TPSA) is 59.5 Å². The second kappa shape index (κ2) is 4.46. The first kappa shape index (κ1) is 11.8. The molecule has 1 aromatic heterocycles. The van der Waals surface area contributed by atoms with Crippen molar-refractivity contribution in [2.24, 2.45) is 0 Å². The van der Waals surface area contributed by atoms with E-state index in [1.807, 2.05) is 31.2 Å². The molecule has 1 aliphatic rings. The number of fused-ring (bicyclic) bond motifs is 1. The van der Waals surface area contributed by atoms with Crippen LogP contribution in [0.15, 0.2) is 34.7 Å². The van der Waals surface area contributed by atoms with Gasteiger partial charge in [-0.05, 0) is 30.2 Å². The van der Waals surface area contributed by atoms with Gasteiger partial charge in [-0.1, -0.05) is 19.1 Å². The molecule has 19 heavy (non-hydrogen) atoms. The third-order valence-corrected chi connectivity index (χ3v) is 3.49. The van der Waals surface area contributed by atoms with Gasteiger partial charge in [-0.25, -0.2) is 0 Å². The molecule has 1 aliphatic heterocycles. The third-order valence-electron chi connectivity index (χ3n) is 3.49. The predicted molar refractivity (Wildman–Crippen MR) is 74.3 cm³/mol. The minimum atomic E-state index is -0.114. The molecule has 4 heteroatoms. The van der Waals surface area contributed by atoms with E-state index in [9.17, 15) is 4.79 Å². The maximum atomic E-state index is 12.5. The zero-order chi connectivity index (χ0) is 13.4. The quantitative estimate of drug-likeness (QED) is 0.840. The van der Waals surface area contributed by atoms with Crippen LogP contribution in [0.25, 0.3) is 0 Å². The molecule has 0 saturated heterocycles. The van der Waals surface area contributed by atoms with E-state index in [0.29, 0.717) is 18.0 Å². The molecular formula is C15H16N2O2. The lowest BCUT2D eigenvalue weighted by Gasteiger charge is -2.17. The Morgan fingerprint density at radius 1 is 1.37 bits per heavy atom. The fraction of sp³-hybridized carbons (Fsp3) is 0.267. The molecule has 2 N–H and O–H groups in total. The van der Waals surface area contributed by atoms with Crippen molar-refractivity contribution in [2.45, 2.75) is 19.8 Å². The number of aryl methyl sites for hydroxylation is 1. The Balaban J connectivity index is 1.95. The van der Waals surface area contributed by atoms with E-state index in [0.717, 1.165) is 29.9 Å². The predicted octanol–water partition coefficient (Wildman–Crippen LogP) is 2.63. The highest BCUT2D eigenvalue weighted by Gasteiger charge is 2.28. The first-order chi connectivity index (χ1) is 9.20. The molecular weight excluding hydrogens is 240 g/mol. The van der Waals surface area contributed by atoms with Crippen LogP contribution in [0.1, 0.15) is 28.8 Å². The standard InChI is InChI=1S/C15H16N2O2/c1-2-11-6-7-13(19-11)15(18)17-9-8-10-4-3-5-12(16)14(10)17/h3-7H,2,8-9,16H2,1H3. The summed E-state index contributed by atoms with van der Waals surface area (Å²) in [7, 11) is 0. The van der Waals surface area contributed by atoms with E-state index in [2.05, 4.69) is 0 Å². The molecule has 0 fully saturated rings. The number of anilines is 2. The number of nitrogens with two attached hydrogens (primary N) is 1. The van der Waals surface area contributed by atoms with Gasteiger partial charge < -0.3 is 15.1 Å². The molecule has 0 aliphatic carbocycles. The van der Waals surface area contributed by atoms with Crippen molar-refractivity contribution in [1.29, 1.82) is 0 Å². The molecule has 0 bridgehead atoms. The van der Waals surface area contributed by atoms with Crippen LogP contribution in [0.2, 0.25) is 0 Å². The minimum absolute atomic E-state index is 0.114. The van der Waals surface area contributed by atoms with Crippen molar-refractivity contribution < 1.29 is 9.21 Å². The summed E-state index contributed by atoms with van der Waals surface area (Å²) in [5.41, 5.74) is 8.59. The minimum Gasteiger partial charge on any atom is -0.456 e. The Kier molecular flexibility index (Phi) is 2.78. The highest BCUT2D eigenvalue weighted by atomic mass is 16.4. The third kappa shape index (κ3) is 1.89. The van der Waals surface area contributed by atoms with Crippen LogP contribution < -0.4 is 10.6 Å². The van der Waals surface area contributed by atoms with Gasteiger partial charge in [-0.15, -0.1) is 0 Å². The van der Waals surface area contributed by atoms with Gasteiger partial charge in [-0.2, -0.15) is 0 Å². The van der Waals surface area contributed by atoms with Gasteiger partial charge >= 0.3 is 0 Å². The summed E-state index contributed by atoms with van der Waals surface area (Å²) >= 11 is 0. The second-order valence-electron chi connectivity index (χ2n) is 4.68. The van der Waals surface area contributed by atoms with Crippen molar-refractivity contribution in [2.75, 3.05) is 17.2 Å². The Labute approximate surface area is 111 Å². The Morgan fingerprint density at radius 2 is 2.21 bits per heavy atom. The molecule has 4 nitrogen and oxygen atoms in total. The second-order valence-corrected chi connectivity index (χ2v) is 4.68. The molecule has 2 aromatic rings. The molecule has 2 heterocycles. The SMILES string of the molecule is CCc1ccc(C(=O)N2CCc3cccc(N)c32)o1. The van der Waals surface area contributed by atoms with Crippen LogP contribution >= 0.6 is 0 Å². The summed E-state index contributed by atoms with van der Waals surface area (Å²) in [6.07, 6.45) is 1.62. The fourth-order valence-corrected chi connectivity index (χ4v) is 2.51. The van der Waals surface area contributed by atoms with E-state index in [-0.39, 0.29) is 5.91 Å². The summed E-state index contributed by atoms with van der Waals surface area (Å²) in [5.74, 6) is 1.09. The highest BCUT2D eigenvalue weighted by molar-refractivity contribution is 6.07. The van der Waals surface area contributed by atoms with Crippen LogP contribution in [0.3, 0.4) is 0 Å². The molecule has 1 aromatic carbocycles. The van der Waals surface area contributed by atoms with Crippen LogP contribution in [0.5, 0.6) is 0 Å². The number of hydrogen-bond donors (Lipinski definition) is 1. The number of carbonyl (C=O) groups is 1. The highest BCUT2D eigenvalue weighted by Crippen LogP contribution is 2.34. The number of nitrogens with zero attached hydrogens (tertiary/aromatic N) is 1. The van der Waals surface area contributed by atoms with Gasteiger partial charge in [0.1, 0.15) is 5.76 Å². The lowest BCUT2D eigenvalue weighted by atomic mass is 10.1. The average molecular weight is 256 g/mol. The van der Waals surface area contributed by atoms with E-state index < -0.39 is 0 Å². The lowest BCUT2D eigenvalue weighted by molar-refractivity contribution is 0.0961. The number of hydrogen-bond acceptors (Lipinski definition) is 3. The Morgan fingerprint density at radius 3 is 2.95 bits per heavy atom. The molecule has 0 unspecified atom stereocenters. The van der Waals surface area contributed by atoms with Crippen molar-refractivity contribution in [3.8, 4) is 0 Å². The lowest BCUT2D eigenvalue weighted by Crippen LogP contribution is -2.29. The normalized spacial score (nSPS) is 13.6. The number of nitrogen functional groups attached to an aromatic ring is 1. The summed E-state index contributed by atoms with van der Waals surface area (Å²) in [4.78, 5) is 14.2. The Hall–Kier alpha value is -2.23. The Bertz CT molecular complexity index is 631. The number of amides is 1. The van der Waals surface area contributed by atoms with Crippen LogP contribution in [0.4, 0.5) is 11.4 Å².